The number of aromatic nitrogens is 2. The molecule has 1 aliphatic carbocycles. The van der Waals surface area contributed by atoms with E-state index in [0.29, 0.717) is 29.6 Å². The molecule has 0 saturated heterocycles. The summed E-state index contributed by atoms with van der Waals surface area (Å²) in [5, 5.41) is 3.48. The molecule has 1 N–H and O–H groups in total. The van der Waals surface area contributed by atoms with Crippen molar-refractivity contribution in [2.75, 3.05) is 25.6 Å². The highest BCUT2D eigenvalue weighted by molar-refractivity contribution is 7.90. The molecule has 1 fully saturated rings. The average Bonchev–Trinajstić information content (AvgIpc) is 3.31. The van der Waals surface area contributed by atoms with E-state index in [1.54, 1.807) is 42.5 Å². The fraction of sp³-hybridized carbons (Fsp3) is 0.429. The van der Waals surface area contributed by atoms with Crippen LogP contribution >= 0.6 is 11.6 Å². The number of hydrogen-bond acceptors (Lipinski definition) is 5. The third-order valence-electron chi connectivity index (χ3n) is 6.78. The number of methoxy groups -OCH3 is 1. The zero-order valence-corrected chi connectivity index (χ0v) is 23.5. The summed E-state index contributed by atoms with van der Waals surface area (Å²) >= 11 is 6.09. The second kappa shape index (κ2) is 12.8. The number of carbonyl (C=O) groups is 1. The van der Waals surface area contributed by atoms with Gasteiger partial charge in [0.2, 0.25) is 15.0 Å². The minimum absolute atomic E-state index is 0.0174. The van der Waals surface area contributed by atoms with Gasteiger partial charge in [0.15, 0.2) is 0 Å². The summed E-state index contributed by atoms with van der Waals surface area (Å²) in [4.78, 5) is 19.3. The topological polar surface area (TPSA) is 93.5 Å². The van der Waals surface area contributed by atoms with Gasteiger partial charge >= 0.3 is 6.03 Å². The molecular weight excluding hydrogens is 524 g/mol. The van der Waals surface area contributed by atoms with E-state index in [1.165, 1.54) is 0 Å². The van der Waals surface area contributed by atoms with Crippen molar-refractivity contribution in [1.82, 2.24) is 14.5 Å². The van der Waals surface area contributed by atoms with Crippen LogP contribution in [-0.2, 0) is 26.9 Å². The Balaban J connectivity index is 1.65. The molecule has 8 nitrogen and oxygen atoms in total. The number of urea groups is 1. The third kappa shape index (κ3) is 7.15. The Kier molecular flexibility index (Phi) is 9.46. The Labute approximate surface area is 229 Å². The normalized spacial score (nSPS) is 14.4. The largest absolute Gasteiger partial charge is 0.383 e. The maximum Gasteiger partial charge on any atom is 0.322 e. The molecule has 0 unspecified atom stereocenters. The van der Waals surface area contributed by atoms with Gasteiger partial charge in [-0.3, -0.25) is 0 Å². The van der Waals surface area contributed by atoms with Gasteiger partial charge in [0.1, 0.15) is 0 Å². The summed E-state index contributed by atoms with van der Waals surface area (Å²) < 4.78 is 34.4. The number of ether oxygens (including phenoxy) is 1. The number of halogens is 1. The first kappa shape index (κ1) is 28.1. The SMILES string of the molecule is COCCN(Cc1cnc(S(=O)(=O)Cc2cccc(C)c2)n1C1CCCCC1)C(=O)Nc1cccc(Cl)c1. The number of imidazole rings is 1. The molecule has 2 aromatic carbocycles. The van der Waals surface area contributed by atoms with Crippen molar-refractivity contribution < 1.29 is 17.9 Å². The Bertz CT molecular complexity index is 1350. The summed E-state index contributed by atoms with van der Waals surface area (Å²) in [6.45, 7) is 2.79. The number of nitrogens with zero attached hydrogens (tertiary/aromatic N) is 3. The summed E-state index contributed by atoms with van der Waals surface area (Å²) in [6, 6.07) is 14.2. The lowest BCUT2D eigenvalue weighted by Crippen LogP contribution is -2.37. The summed E-state index contributed by atoms with van der Waals surface area (Å²) in [5.41, 5.74) is 3.00. The molecule has 1 aromatic heterocycles. The van der Waals surface area contributed by atoms with Gasteiger partial charge in [0, 0.05) is 30.4 Å². The third-order valence-corrected chi connectivity index (χ3v) is 8.58. The van der Waals surface area contributed by atoms with Crippen LogP contribution in [0.1, 0.15) is 55.0 Å². The zero-order valence-electron chi connectivity index (χ0n) is 21.9. The van der Waals surface area contributed by atoms with Crippen LogP contribution in [0.3, 0.4) is 0 Å². The molecular formula is C28H35ClN4O4S. The van der Waals surface area contributed by atoms with Gasteiger partial charge in [-0.25, -0.2) is 18.2 Å². The summed E-state index contributed by atoms with van der Waals surface area (Å²) in [5.74, 6) is -0.125. The van der Waals surface area contributed by atoms with Crippen LogP contribution in [-0.4, -0.2) is 49.2 Å². The maximum absolute atomic E-state index is 13.6. The maximum atomic E-state index is 13.6. The number of rotatable bonds is 10. The minimum atomic E-state index is -3.72. The van der Waals surface area contributed by atoms with Crippen molar-refractivity contribution in [3.63, 3.8) is 0 Å². The van der Waals surface area contributed by atoms with Crippen molar-refractivity contribution in [2.24, 2.45) is 0 Å². The Morgan fingerprint density at radius 2 is 1.92 bits per heavy atom. The fourth-order valence-electron chi connectivity index (χ4n) is 4.96. The number of aryl methyl sites for hydroxylation is 1. The van der Waals surface area contributed by atoms with Crippen molar-refractivity contribution in [2.45, 2.75) is 62.5 Å². The first-order valence-electron chi connectivity index (χ1n) is 12.9. The van der Waals surface area contributed by atoms with E-state index in [9.17, 15) is 13.2 Å². The monoisotopic (exact) mass is 558 g/mol. The molecule has 3 aromatic rings. The van der Waals surface area contributed by atoms with E-state index < -0.39 is 9.84 Å². The molecule has 38 heavy (non-hydrogen) atoms. The van der Waals surface area contributed by atoms with E-state index in [-0.39, 0.29) is 29.5 Å². The van der Waals surface area contributed by atoms with E-state index >= 15 is 0 Å². The van der Waals surface area contributed by atoms with E-state index in [1.807, 2.05) is 35.8 Å². The van der Waals surface area contributed by atoms with Crippen LogP contribution in [0, 0.1) is 6.92 Å². The number of sulfone groups is 1. The molecule has 4 rings (SSSR count). The van der Waals surface area contributed by atoms with E-state index in [2.05, 4.69) is 10.3 Å². The summed E-state index contributed by atoms with van der Waals surface area (Å²) in [7, 11) is -2.14. The van der Waals surface area contributed by atoms with Crippen molar-refractivity contribution in [3.8, 4) is 0 Å². The second-order valence-electron chi connectivity index (χ2n) is 9.80. The van der Waals surface area contributed by atoms with Gasteiger partial charge in [-0.2, -0.15) is 0 Å². The van der Waals surface area contributed by atoms with Gasteiger partial charge in [-0.15, -0.1) is 0 Å². The number of hydrogen-bond donors (Lipinski definition) is 1. The van der Waals surface area contributed by atoms with Crippen LogP contribution in [0.5, 0.6) is 0 Å². The van der Waals surface area contributed by atoms with Crippen molar-refractivity contribution in [3.05, 3.63) is 76.6 Å². The number of amides is 2. The number of carbonyl (C=O) groups excluding carboxylic acids is 1. The lowest BCUT2D eigenvalue weighted by molar-refractivity contribution is 0.151. The predicted octanol–water partition coefficient (Wildman–Crippen LogP) is 6.00. The first-order valence-corrected chi connectivity index (χ1v) is 14.9. The van der Waals surface area contributed by atoms with E-state index in [4.69, 9.17) is 16.3 Å². The second-order valence-corrected chi connectivity index (χ2v) is 12.1. The highest BCUT2D eigenvalue weighted by atomic mass is 35.5. The smallest absolute Gasteiger partial charge is 0.322 e. The number of nitrogens with one attached hydrogen (secondary N) is 1. The quantitative estimate of drug-likeness (QED) is 0.329. The van der Waals surface area contributed by atoms with Gasteiger partial charge in [-0.05, 0) is 43.5 Å². The van der Waals surface area contributed by atoms with Gasteiger partial charge in [-0.1, -0.05) is 66.8 Å². The molecule has 1 aliphatic rings. The fourth-order valence-corrected chi connectivity index (χ4v) is 6.68. The zero-order chi connectivity index (χ0) is 27.1. The molecule has 2 amide bonds. The molecule has 0 radical (unpaired) electrons. The summed E-state index contributed by atoms with van der Waals surface area (Å²) in [6.07, 6.45) is 6.55. The van der Waals surface area contributed by atoms with Gasteiger partial charge in [0.05, 0.1) is 30.8 Å². The highest BCUT2D eigenvalue weighted by Crippen LogP contribution is 2.33. The van der Waals surface area contributed by atoms with Crippen LogP contribution in [0.25, 0.3) is 0 Å². The Morgan fingerprint density at radius 3 is 2.63 bits per heavy atom. The molecule has 204 valence electrons. The van der Waals surface area contributed by atoms with Gasteiger partial charge < -0.3 is 19.5 Å². The highest BCUT2D eigenvalue weighted by Gasteiger charge is 2.30. The lowest BCUT2D eigenvalue weighted by atomic mass is 9.95. The molecule has 0 bridgehead atoms. The van der Waals surface area contributed by atoms with Crippen LogP contribution in [0.15, 0.2) is 59.9 Å². The molecule has 0 spiro atoms. The van der Waals surface area contributed by atoms with Crippen LogP contribution in [0.4, 0.5) is 10.5 Å². The average molecular weight is 559 g/mol. The number of benzene rings is 2. The number of anilines is 1. The molecule has 1 heterocycles. The minimum Gasteiger partial charge on any atom is -0.383 e. The molecule has 10 heteroatoms. The Hall–Kier alpha value is -2.88. The standard InChI is InChI=1S/C28H35ClN4O4S/c1-21-8-6-9-22(16-21)20-38(35,36)28-30-18-26(33(28)25-12-4-3-5-13-25)19-32(14-15-37-2)27(34)31-24-11-7-10-23(29)17-24/h6-11,16-18,25H,3-5,12-15,19-20H2,1-2H3,(H,31,34). The molecule has 1 saturated carbocycles. The molecule has 0 atom stereocenters. The van der Waals surface area contributed by atoms with E-state index in [0.717, 1.165) is 43.2 Å². The van der Waals surface area contributed by atoms with Crippen LogP contribution < -0.4 is 5.32 Å². The van der Waals surface area contributed by atoms with Crippen molar-refractivity contribution >= 4 is 33.2 Å². The van der Waals surface area contributed by atoms with Crippen LogP contribution in [0.2, 0.25) is 5.02 Å². The lowest BCUT2D eigenvalue weighted by Gasteiger charge is -2.29. The first-order chi connectivity index (χ1) is 18.3. The molecule has 0 aliphatic heterocycles. The van der Waals surface area contributed by atoms with Crippen molar-refractivity contribution in [1.29, 1.82) is 0 Å². The van der Waals surface area contributed by atoms with Gasteiger partial charge in [0.25, 0.3) is 0 Å². The Morgan fingerprint density at radius 1 is 1.16 bits per heavy atom. The predicted molar refractivity (Wildman–Crippen MR) is 149 cm³/mol.